The van der Waals surface area contributed by atoms with Crippen LogP contribution >= 0.6 is 0 Å². The summed E-state index contributed by atoms with van der Waals surface area (Å²) in [5.41, 5.74) is 3.81. The summed E-state index contributed by atoms with van der Waals surface area (Å²) in [6.07, 6.45) is 1.01. The molecule has 0 bridgehead atoms. The van der Waals surface area contributed by atoms with Gasteiger partial charge in [-0.25, -0.2) is 0 Å². The van der Waals surface area contributed by atoms with Gasteiger partial charge in [-0.3, -0.25) is 0 Å². The maximum atomic E-state index is 4.18. The Morgan fingerprint density at radius 2 is 1.53 bits per heavy atom. The number of rotatable bonds is 6. The van der Waals surface area contributed by atoms with Gasteiger partial charge < -0.3 is 4.90 Å². The molecule has 0 aliphatic rings. The van der Waals surface area contributed by atoms with Gasteiger partial charge in [0.15, 0.2) is 0 Å². The highest BCUT2D eigenvalue weighted by Gasteiger charge is 2.02. The summed E-state index contributed by atoms with van der Waals surface area (Å²) in [6, 6.07) is 21.0. The monoisotopic (exact) mass is 251 g/mol. The number of benzene rings is 2. The Hall–Kier alpha value is -1.86. The average Bonchev–Trinajstić information content (AvgIpc) is 2.47. The Kier molecular flexibility index (Phi) is 4.93. The zero-order valence-corrected chi connectivity index (χ0v) is 11.5. The lowest BCUT2D eigenvalue weighted by Gasteiger charge is -2.17. The minimum atomic E-state index is 0.989. The standard InChI is InChI=1S/C18H21N/c1-16(18-11-7-4-8-12-18)13-14-19(2)15-17-9-5-3-6-10-17/h3-12H,1,13-15H2,2H3. The van der Waals surface area contributed by atoms with Crippen molar-refractivity contribution in [3.05, 3.63) is 78.4 Å². The van der Waals surface area contributed by atoms with Gasteiger partial charge in [0.25, 0.3) is 0 Å². The molecule has 98 valence electrons. The molecule has 0 aromatic heterocycles. The van der Waals surface area contributed by atoms with E-state index in [2.05, 4.69) is 73.1 Å². The number of hydrogen-bond acceptors (Lipinski definition) is 1. The van der Waals surface area contributed by atoms with Crippen molar-refractivity contribution in [3.8, 4) is 0 Å². The van der Waals surface area contributed by atoms with Crippen LogP contribution in [0.15, 0.2) is 67.2 Å². The normalized spacial score (nSPS) is 10.6. The number of hydrogen-bond donors (Lipinski definition) is 0. The van der Waals surface area contributed by atoms with E-state index in [4.69, 9.17) is 0 Å². The average molecular weight is 251 g/mol. The van der Waals surface area contributed by atoms with Gasteiger partial charge in [-0.1, -0.05) is 67.2 Å². The van der Waals surface area contributed by atoms with Crippen LogP contribution < -0.4 is 0 Å². The van der Waals surface area contributed by atoms with Crippen molar-refractivity contribution in [2.45, 2.75) is 13.0 Å². The van der Waals surface area contributed by atoms with E-state index in [0.29, 0.717) is 0 Å². The Bertz CT molecular complexity index is 502. The molecule has 0 atom stereocenters. The van der Waals surface area contributed by atoms with Crippen molar-refractivity contribution in [2.75, 3.05) is 13.6 Å². The molecule has 0 radical (unpaired) electrons. The van der Waals surface area contributed by atoms with Crippen molar-refractivity contribution in [1.29, 1.82) is 0 Å². The second kappa shape index (κ2) is 6.91. The third-order valence-corrected chi connectivity index (χ3v) is 3.27. The highest BCUT2D eigenvalue weighted by Crippen LogP contribution is 2.16. The first-order chi connectivity index (χ1) is 9.25. The summed E-state index contributed by atoms with van der Waals surface area (Å²) in [4.78, 5) is 2.34. The van der Waals surface area contributed by atoms with E-state index in [1.165, 1.54) is 16.7 Å². The molecule has 2 rings (SSSR count). The summed E-state index contributed by atoms with van der Waals surface area (Å²) in [6.45, 7) is 6.20. The molecule has 0 heterocycles. The van der Waals surface area contributed by atoms with Crippen LogP contribution in [0.1, 0.15) is 17.5 Å². The first kappa shape index (κ1) is 13.6. The van der Waals surface area contributed by atoms with Crippen LogP contribution in [-0.4, -0.2) is 18.5 Å². The summed E-state index contributed by atoms with van der Waals surface area (Å²) in [5, 5.41) is 0. The molecule has 1 nitrogen and oxygen atoms in total. The van der Waals surface area contributed by atoms with E-state index < -0.39 is 0 Å². The first-order valence-electron chi connectivity index (χ1n) is 6.71. The molecule has 0 N–H and O–H groups in total. The van der Waals surface area contributed by atoms with E-state index in [0.717, 1.165) is 19.5 Å². The fraction of sp³-hybridized carbons (Fsp3) is 0.222. The van der Waals surface area contributed by atoms with Gasteiger partial charge >= 0.3 is 0 Å². The van der Waals surface area contributed by atoms with Gasteiger partial charge in [-0.15, -0.1) is 0 Å². The molecule has 0 fully saturated rings. The molecule has 19 heavy (non-hydrogen) atoms. The van der Waals surface area contributed by atoms with Gasteiger partial charge in [-0.05, 0) is 30.2 Å². The van der Waals surface area contributed by atoms with Gasteiger partial charge in [0.05, 0.1) is 0 Å². The largest absolute Gasteiger partial charge is 0.302 e. The molecule has 0 spiro atoms. The lowest BCUT2D eigenvalue weighted by atomic mass is 10.0. The van der Waals surface area contributed by atoms with Crippen LogP contribution in [-0.2, 0) is 6.54 Å². The van der Waals surface area contributed by atoms with Crippen LogP contribution in [0.3, 0.4) is 0 Å². The molecular weight excluding hydrogens is 230 g/mol. The Labute approximate surface area is 116 Å². The Morgan fingerprint density at radius 3 is 2.16 bits per heavy atom. The Balaban J connectivity index is 1.81. The van der Waals surface area contributed by atoms with E-state index in [-0.39, 0.29) is 0 Å². The summed E-state index contributed by atoms with van der Waals surface area (Å²) in [5.74, 6) is 0. The third-order valence-electron chi connectivity index (χ3n) is 3.27. The molecule has 0 amide bonds. The zero-order chi connectivity index (χ0) is 13.5. The van der Waals surface area contributed by atoms with E-state index >= 15 is 0 Å². The summed E-state index contributed by atoms with van der Waals surface area (Å²) in [7, 11) is 2.16. The molecule has 0 unspecified atom stereocenters. The maximum absolute atomic E-state index is 4.18. The van der Waals surface area contributed by atoms with Gasteiger partial charge in [0.2, 0.25) is 0 Å². The quantitative estimate of drug-likeness (QED) is 0.743. The highest BCUT2D eigenvalue weighted by molar-refractivity contribution is 5.63. The van der Waals surface area contributed by atoms with E-state index in [1.54, 1.807) is 0 Å². The van der Waals surface area contributed by atoms with Crippen molar-refractivity contribution >= 4 is 5.57 Å². The lowest BCUT2D eigenvalue weighted by molar-refractivity contribution is 0.335. The molecule has 0 aliphatic heterocycles. The maximum Gasteiger partial charge on any atom is 0.0230 e. The third kappa shape index (κ3) is 4.38. The predicted octanol–water partition coefficient (Wildman–Crippen LogP) is 4.22. The van der Waals surface area contributed by atoms with Gasteiger partial charge in [-0.2, -0.15) is 0 Å². The lowest BCUT2D eigenvalue weighted by Crippen LogP contribution is -2.19. The summed E-state index contributed by atoms with van der Waals surface area (Å²) >= 11 is 0. The van der Waals surface area contributed by atoms with Crippen LogP contribution in [0.25, 0.3) is 5.57 Å². The van der Waals surface area contributed by atoms with Crippen LogP contribution in [0.2, 0.25) is 0 Å². The molecule has 0 saturated heterocycles. The minimum absolute atomic E-state index is 0.989. The Morgan fingerprint density at radius 1 is 0.947 bits per heavy atom. The molecular formula is C18H21N. The van der Waals surface area contributed by atoms with Crippen molar-refractivity contribution in [3.63, 3.8) is 0 Å². The van der Waals surface area contributed by atoms with E-state index in [1.807, 2.05) is 6.07 Å². The molecule has 2 aromatic carbocycles. The second-order valence-electron chi connectivity index (χ2n) is 4.94. The van der Waals surface area contributed by atoms with Crippen LogP contribution in [0.5, 0.6) is 0 Å². The first-order valence-corrected chi connectivity index (χ1v) is 6.71. The molecule has 0 saturated carbocycles. The second-order valence-corrected chi connectivity index (χ2v) is 4.94. The van der Waals surface area contributed by atoms with Gasteiger partial charge in [0.1, 0.15) is 0 Å². The zero-order valence-electron chi connectivity index (χ0n) is 11.5. The van der Waals surface area contributed by atoms with Crippen LogP contribution in [0.4, 0.5) is 0 Å². The van der Waals surface area contributed by atoms with Gasteiger partial charge in [0, 0.05) is 13.1 Å². The minimum Gasteiger partial charge on any atom is -0.302 e. The smallest absolute Gasteiger partial charge is 0.0230 e. The molecule has 0 aliphatic carbocycles. The topological polar surface area (TPSA) is 3.24 Å². The fourth-order valence-electron chi connectivity index (χ4n) is 2.12. The summed E-state index contributed by atoms with van der Waals surface area (Å²) < 4.78 is 0. The van der Waals surface area contributed by atoms with E-state index in [9.17, 15) is 0 Å². The fourth-order valence-corrected chi connectivity index (χ4v) is 2.12. The molecule has 1 heteroatoms. The predicted molar refractivity (Wildman–Crippen MR) is 82.9 cm³/mol. The van der Waals surface area contributed by atoms with Crippen molar-refractivity contribution in [1.82, 2.24) is 4.90 Å². The number of nitrogens with zero attached hydrogens (tertiary/aromatic N) is 1. The SMILES string of the molecule is C=C(CCN(C)Cc1ccccc1)c1ccccc1. The van der Waals surface area contributed by atoms with Crippen molar-refractivity contribution in [2.24, 2.45) is 0 Å². The molecule has 2 aromatic rings. The highest BCUT2D eigenvalue weighted by atomic mass is 15.1. The van der Waals surface area contributed by atoms with Crippen molar-refractivity contribution < 1.29 is 0 Å². The van der Waals surface area contributed by atoms with Crippen LogP contribution in [0, 0.1) is 0 Å².